The molecule has 5 heteroatoms. The number of ether oxygens (including phenoxy) is 2. The summed E-state index contributed by atoms with van der Waals surface area (Å²) in [6.07, 6.45) is 3.64. The maximum absolute atomic E-state index is 12.5. The zero-order valence-electron chi connectivity index (χ0n) is 16.0. The van der Waals surface area contributed by atoms with Crippen LogP contribution in [0.1, 0.15) is 45.1 Å². The quantitative estimate of drug-likeness (QED) is 0.472. The molecule has 1 aliphatic rings. The van der Waals surface area contributed by atoms with Gasteiger partial charge in [-0.1, -0.05) is 57.0 Å². The molecule has 2 rings (SSSR count). The second-order valence-corrected chi connectivity index (χ2v) is 6.93. The maximum atomic E-state index is 12.5. The molecule has 2 atom stereocenters. The van der Waals surface area contributed by atoms with E-state index in [1.54, 1.807) is 0 Å². The number of benzene rings is 1. The van der Waals surface area contributed by atoms with Gasteiger partial charge in [0.2, 0.25) is 0 Å². The van der Waals surface area contributed by atoms with Crippen molar-refractivity contribution in [2.45, 2.75) is 46.1 Å². The summed E-state index contributed by atoms with van der Waals surface area (Å²) in [5.74, 6) is -1.42. The number of rotatable bonds is 10. The van der Waals surface area contributed by atoms with Gasteiger partial charge < -0.3 is 9.47 Å². The predicted octanol–water partition coefficient (Wildman–Crippen LogP) is 3.42. The highest BCUT2D eigenvalue weighted by Gasteiger charge is 2.43. The molecule has 0 aliphatic carbocycles. The van der Waals surface area contributed by atoms with Crippen molar-refractivity contribution in [1.29, 1.82) is 0 Å². The Bertz CT molecular complexity index is 530. The van der Waals surface area contributed by atoms with Gasteiger partial charge in [-0.3, -0.25) is 14.5 Å². The third-order valence-electron chi connectivity index (χ3n) is 4.73. The molecule has 2 unspecified atom stereocenters. The topological polar surface area (TPSA) is 55.8 Å². The molecule has 1 aliphatic heterocycles. The highest BCUT2D eigenvalue weighted by molar-refractivity contribution is 5.83. The number of unbranched alkanes of at least 4 members (excludes halogenated alkanes) is 2. The first-order valence-corrected chi connectivity index (χ1v) is 9.75. The highest BCUT2D eigenvalue weighted by atomic mass is 16.5. The Balaban J connectivity index is 1.99. The second-order valence-electron chi connectivity index (χ2n) is 6.93. The molecule has 1 fully saturated rings. The number of hydrogen-bond acceptors (Lipinski definition) is 5. The first-order chi connectivity index (χ1) is 12.7. The number of esters is 2. The molecule has 5 nitrogen and oxygen atoms in total. The van der Waals surface area contributed by atoms with E-state index >= 15 is 0 Å². The maximum Gasteiger partial charge on any atom is 0.311 e. The largest absolute Gasteiger partial charge is 0.465 e. The monoisotopic (exact) mass is 361 g/mol. The van der Waals surface area contributed by atoms with E-state index in [-0.39, 0.29) is 11.9 Å². The lowest BCUT2D eigenvalue weighted by Gasteiger charge is -2.16. The summed E-state index contributed by atoms with van der Waals surface area (Å²) < 4.78 is 10.8. The van der Waals surface area contributed by atoms with Gasteiger partial charge in [-0.2, -0.15) is 0 Å². The Morgan fingerprint density at radius 1 is 0.923 bits per heavy atom. The van der Waals surface area contributed by atoms with Crippen LogP contribution in [-0.4, -0.2) is 43.1 Å². The molecule has 1 heterocycles. The van der Waals surface area contributed by atoms with E-state index < -0.39 is 11.8 Å². The zero-order chi connectivity index (χ0) is 18.8. The van der Waals surface area contributed by atoms with E-state index in [0.29, 0.717) is 26.3 Å². The lowest BCUT2D eigenvalue weighted by molar-refractivity contribution is -0.158. The van der Waals surface area contributed by atoms with Gasteiger partial charge in [-0.15, -0.1) is 0 Å². The molecule has 144 valence electrons. The fraction of sp³-hybridized carbons (Fsp3) is 0.619. The Labute approximate surface area is 156 Å². The molecule has 0 bridgehead atoms. The van der Waals surface area contributed by atoms with Crippen LogP contribution in [0.15, 0.2) is 30.3 Å². The lowest BCUT2D eigenvalue weighted by Crippen LogP contribution is -2.31. The first kappa shape index (κ1) is 20.4. The summed E-state index contributed by atoms with van der Waals surface area (Å²) >= 11 is 0. The van der Waals surface area contributed by atoms with E-state index in [2.05, 4.69) is 30.9 Å². The predicted molar refractivity (Wildman–Crippen MR) is 100 cm³/mol. The third kappa shape index (κ3) is 6.13. The van der Waals surface area contributed by atoms with E-state index in [1.807, 2.05) is 18.2 Å². The van der Waals surface area contributed by atoms with E-state index in [9.17, 15) is 9.59 Å². The third-order valence-corrected chi connectivity index (χ3v) is 4.73. The number of carbonyl (C=O) groups excluding carboxylic acids is 2. The minimum atomic E-state index is -0.440. The SMILES string of the molecule is CCCCOC(=O)C1CN(Cc2ccccc2)CC1C(=O)OCCCC. The molecule has 1 aromatic rings. The lowest BCUT2D eigenvalue weighted by atomic mass is 9.96. The van der Waals surface area contributed by atoms with Crippen LogP contribution < -0.4 is 0 Å². The minimum absolute atomic E-state index is 0.272. The molecule has 26 heavy (non-hydrogen) atoms. The molecule has 0 aromatic heterocycles. The molecule has 0 amide bonds. The molecule has 0 N–H and O–H groups in total. The van der Waals surface area contributed by atoms with Crippen LogP contribution in [-0.2, 0) is 25.6 Å². The van der Waals surface area contributed by atoms with E-state index in [0.717, 1.165) is 32.2 Å². The van der Waals surface area contributed by atoms with Crippen LogP contribution in [0.2, 0.25) is 0 Å². The normalized spacial score (nSPS) is 20.1. The van der Waals surface area contributed by atoms with Crippen LogP contribution in [0, 0.1) is 11.8 Å². The molecule has 1 saturated heterocycles. The van der Waals surface area contributed by atoms with Crippen molar-refractivity contribution in [2.24, 2.45) is 11.8 Å². The first-order valence-electron chi connectivity index (χ1n) is 9.75. The van der Waals surface area contributed by atoms with Crippen molar-refractivity contribution < 1.29 is 19.1 Å². The van der Waals surface area contributed by atoms with Gasteiger partial charge in [0.25, 0.3) is 0 Å². The molecule has 0 saturated carbocycles. The summed E-state index contributed by atoms with van der Waals surface area (Å²) in [6, 6.07) is 10.1. The Kier molecular flexibility index (Phi) is 8.62. The number of likely N-dealkylation sites (tertiary alicyclic amines) is 1. The molecular weight excluding hydrogens is 330 g/mol. The average Bonchev–Trinajstić information content (AvgIpc) is 3.07. The Morgan fingerprint density at radius 2 is 1.42 bits per heavy atom. The number of carbonyl (C=O) groups is 2. The second kappa shape index (κ2) is 11.0. The molecule has 0 radical (unpaired) electrons. The van der Waals surface area contributed by atoms with Crippen LogP contribution in [0.3, 0.4) is 0 Å². The molecule has 1 aromatic carbocycles. The summed E-state index contributed by atoms with van der Waals surface area (Å²) in [5, 5.41) is 0. The zero-order valence-corrected chi connectivity index (χ0v) is 16.0. The number of nitrogens with zero attached hydrogens (tertiary/aromatic N) is 1. The van der Waals surface area contributed by atoms with Crippen molar-refractivity contribution in [2.75, 3.05) is 26.3 Å². The van der Waals surface area contributed by atoms with Crippen molar-refractivity contribution in [1.82, 2.24) is 4.90 Å². The highest BCUT2D eigenvalue weighted by Crippen LogP contribution is 2.27. The Hall–Kier alpha value is -1.88. The fourth-order valence-electron chi connectivity index (χ4n) is 3.18. The molecular formula is C21H31NO4. The van der Waals surface area contributed by atoms with Gasteiger partial charge in [-0.05, 0) is 18.4 Å². The summed E-state index contributed by atoms with van der Waals surface area (Å²) in [6.45, 7) is 6.74. The standard InChI is InChI=1S/C21H31NO4/c1-3-5-12-25-20(23)18-15-22(14-17-10-8-7-9-11-17)16-19(18)21(24)26-13-6-4-2/h7-11,18-19H,3-6,12-16H2,1-2H3. The van der Waals surface area contributed by atoms with Crippen LogP contribution >= 0.6 is 0 Å². The summed E-state index contributed by atoms with van der Waals surface area (Å²) in [4.78, 5) is 27.2. The summed E-state index contributed by atoms with van der Waals surface area (Å²) in [5.41, 5.74) is 1.17. The number of hydrogen-bond donors (Lipinski definition) is 0. The minimum Gasteiger partial charge on any atom is -0.465 e. The van der Waals surface area contributed by atoms with Crippen molar-refractivity contribution in [3.05, 3.63) is 35.9 Å². The van der Waals surface area contributed by atoms with Gasteiger partial charge in [0.15, 0.2) is 0 Å². The van der Waals surface area contributed by atoms with Gasteiger partial charge in [-0.25, -0.2) is 0 Å². The van der Waals surface area contributed by atoms with Crippen molar-refractivity contribution in [3.63, 3.8) is 0 Å². The van der Waals surface area contributed by atoms with E-state index in [4.69, 9.17) is 9.47 Å². The molecule has 0 spiro atoms. The van der Waals surface area contributed by atoms with Gasteiger partial charge >= 0.3 is 11.9 Å². The summed E-state index contributed by atoms with van der Waals surface area (Å²) in [7, 11) is 0. The van der Waals surface area contributed by atoms with Crippen molar-refractivity contribution >= 4 is 11.9 Å². The fourth-order valence-corrected chi connectivity index (χ4v) is 3.18. The van der Waals surface area contributed by atoms with Crippen LogP contribution in [0.25, 0.3) is 0 Å². The van der Waals surface area contributed by atoms with Gasteiger partial charge in [0.05, 0.1) is 25.0 Å². The average molecular weight is 361 g/mol. The van der Waals surface area contributed by atoms with Crippen LogP contribution in [0.5, 0.6) is 0 Å². The van der Waals surface area contributed by atoms with Crippen molar-refractivity contribution in [3.8, 4) is 0 Å². The Morgan fingerprint density at radius 3 is 1.88 bits per heavy atom. The van der Waals surface area contributed by atoms with Crippen LogP contribution in [0.4, 0.5) is 0 Å². The smallest absolute Gasteiger partial charge is 0.311 e. The van der Waals surface area contributed by atoms with E-state index in [1.165, 1.54) is 5.56 Å². The van der Waals surface area contributed by atoms with Gasteiger partial charge in [0, 0.05) is 19.6 Å². The van der Waals surface area contributed by atoms with Gasteiger partial charge in [0.1, 0.15) is 0 Å².